The van der Waals surface area contributed by atoms with Gasteiger partial charge in [0.2, 0.25) is 15.9 Å². The summed E-state index contributed by atoms with van der Waals surface area (Å²) in [6.07, 6.45) is 0.988. The largest absolute Gasteiger partial charge is 0.495 e. The van der Waals surface area contributed by atoms with Crippen molar-refractivity contribution in [3.05, 3.63) is 87.9 Å². The summed E-state index contributed by atoms with van der Waals surface area (Å²) in [5.74, 6) is -0.629. The molecule has 0 heterocycles. The Morgan fingerprint density at radius 1 is 1.00 bits per heavy atom. The van der Waals surface area contributed by atoms with Crippen LogP contribution in [0.4, 0.5) is 11.4 Å². The van der Waals surface area contributed by atoms with Crippen molar-refractivity contribution in [2.75, 3.05) is 23.0 Å². The van der Waals surface area contributed by atoms with E-state index in [0.29, 0.717) is 16.3 Å². The first-order valence-electron chi connectivity index (χ1n) is 10.1. The van der Waals surface area contributed by atoms with Gasteiger partial charge in [-0.1, -0.05) is 53.5 Å². The third kappa shape index (κ3) is 5.70. The van der Waals surface area contributed by atoms with Gasteiger partial charge in [0, 0.05) is 16.1 Å². The van der Waals surface area contributed by atoms with Crippen LogP contribution in [0.3, 0.4) is 0 Å². The molecular formula is C24H22Cl2N2O5S. The van der Waals surface area contributed by atoms with Gasteiger partial charge in [0.25, 0.3) is 0 Å². The molecule has 1 N–H and O–H groups in total. The van der Waals surface area contributed by atoms with Gasteiger partial charge in [0.05, 0.1) is 29.8 Å². The maximum absolute atomic E-state index is 13.2. The molecule has 34 heavy (non-hydrogen) atoms. The summed E-state index contributed by atoms with van der Waals surface area (Å²) in [7, 11) is -2.45. The number of benzene rings is 3. The minimum atomic E-state index is -3.88. The first-order chi connectivity index (χ1) is 16.0. The zero-order valence-corrected chi connectivity index (χ0v) is 20.9. The maximum Gasteiger partial charge on any atom is 0.248 e. The molecule has 7 nitrogen and oxygen atoms in total. The molecule has 0 spiro atoms. The molecule has 3 rings (SSSR count). The van der Waals surface area contributed by atoms with Crippen molar-refractivity contribution >= 4 is 56.3 Å². The van der Waals surface area contributed by atoms with Crippen molar-refractivity contribution in [1.82, 2.24) is 0 Å². The zero-order chi connectivity index (χ0) is 25.0. The number of carbonyl (C=O) groups is 2. The highest BCUT2D eigenvalue weighted by atomic mass is 35.5. The minimum absolute atomic E-state index is 0.178. The van der Waals surface area contributed by atoms with Gasteiger partial charge in [0.15, 0.2) is 5.78 Å². The molecule has 0 fully saturated rings. The molecule has 0 aliphatic heterocycles. The van der Waals surface area contributed by atoms with Gasteiger partial charge in [-0.15, -0.1) is 0 Å². The van der Waals surface area contributed by atoms with Gasteiger partial charge in [-0.05, 0) is 43.3 Å². The fourth-order valence-electron chi connectivity index (χ4n) is 3.40. The lowest BCUT2D eigenvalue weighted by Gasteiger charge is -2.28. The lowest BCUT2D eigenvalue weighted by Crippen LogP contribution is -2.45. The van der Waals surface area contributed by atoms with Crippen LogP contribution in [-0.4, -0.2) is 39.5 Å². The van der Waals surface area contributed by atoms with Crippen molar-refractivity contribution in [2.24, 2.45) is 0 Å². The molecule has 0 bridgehead atoms. The highest BCUT2D eigenvalue weighted by Crippen LogP contribution is 2.32. The average Bonchev–Trinajstić information content (AvgIpc) is 2.79. The number of nitrogens with one attached hydrogen (secondary N) is 1. The fourth-order valence-corrected chi connectivity index (χ4v) is 4.99. The number of anilines is 2. The number of nitrogens with zero attached hydrogens (tertiary/aromatic N) is 1. The Balaban J connectivity index is 1.95. The number of hydrogen-bond donors (Lipinski definition) is 1. The van der Waals surface area contributed by atoms with E-state index in [1.165, 1.54) is 50.4 Å². The number of amides is 1. The van der Waals surface area contributed by atoms with Crippen LogP contribution in [0.2, 0.25) is 10.0 Å². The van der Waals surface area contributed by atoms with Gasteiger partial charge in [-0.2, -0.15) is 0 Å². The Morgan fingerprint density at radius 2 is 1.68 bits per heavy atom. The zero-order valence-electron chi connectivity index (χ0n) is 18.6. The van der Waals surface area contributed by atoms with E-state index in [1.807, 2.05) is 0 Å². The Labute approximate surface area is 208 Å². The molecule has 0 radical (unpaired) electrons. The second-order valence-electron chi connectivity index (χ2n) is 7.43. The van der Waals surface area contributed by atoms with Gasteiger partial charge in [-0.3, -0.25) is 13.9 Å². The fraction of sp³-hybridized carbons (Fsp3) is 0.167. The second kappa shape index (κ2) is 10.5. The Hall–Kier alpha value is -3.07. The van der Waals surface area contributed by atoms with Crippen LogP contribution in [0.15, 0.2) is 66.7 Å². The molecule has 178 valence electrons. The van der Waals surface area contributed by atoms with Crippen LogP contribution >= 0.6 is 23.2 Å². The van der Waals surface area contributed by atoms with Crippen molar-refractivity contribution < 1.29 is 22.7 Å². The standard InChI is InChI=1S/C24H22Cl2N2O5S/c1-15(28(34(3,31)32)18-10-12-22(33-2)20(26)14-18)24(30)27-21-11-9-17(25)13-19(21)23(29)16-7-5-4-6-8-16/h4-15H,1-3H3,(H,27,30)/t15-/m1/s1. The molecule has 0 saturated carbocycles. The summed E-state index contributed by atoms with van der Waals surface area (Å²) in [6.45, 7) is 1.43. The Bertz CT molecular complexity index is 1330. The quantitative estimate of drug-likeness (QED) is 0.420. The molecule has 0 aromatic heterocycles. The number of ether oxygens (including phenoxy) is 1. The summed E-state index contributed by atoms with van der Waals surface area (Å²) in [4.78, 5) is 26.2. The van der Waals surface area contributed by atoms with E-state index >= 15 is 0 Å². The summed E-state index contributed by atoms with van der Waals surface area (Å²) >= 11 is 12.3. The predicted octanol–water partition coefficient (Wildman–Crippen LogP) is 5.03. The molecule has 1 amide bonds. The van der Waals surface area contributed by atoms with Crippen LogP contribution in [0, 0.1) is 0 Å². The van der Waals surface area contributed by atoms with E-state index in [2.05, 4.69) is 5.32 Å². The molecular weight excluding hydrogens is 499 g/mol. The summed E-state index contributed by atoms with van der Waals surface area (Å²) in [5, 5.41) is 3.17. The number of sulfonamides is 1. The van der Waals surface area contributed by atoms with Crippen molar-refractivity contribution in [2.45, 2.75) is 13.0 Å². The smallest absolute Gasteiger partial charge is 0.248 e. The molecule has 0 aliphatic rings. The van der Waals surface area contributed by atoms with Gasteiger partial charge < -0.3 is 10.1 Å². The monoisotopic (exact) mass is 520 g/mol. The molecule has 3 aromatic rings. The van der Waals surface area contributed by atoms with Crippen LogP contribution in [0.5, 0.6) is 5.75 Å². The number of carbonyl (C=O) groups excluding carboxylic acids is 2. The third-order valence-corrected chi connectivity index (χ3v) is 6.77. The first-order valence-corrected chi connectivity index (χ1v) is 12.7. The topological polar surface area (TPSA) is 92.8 Å². The number of hydrogen-bond acceptors (Lipinski definition) is 5. The number of halogens is 2. The average molecular weight is 521 g/mol. The molecule has 0 aliphatic carbocycles. The minimum Gasteiger partial charge on any atom is -0.495 e. The highest BCUT2D eigenvalue weighted by molar-refractivity contribution is 7.92. The SMILES string of the molecule is COc1ccc(N([C@H](C)C(=O)Nc2ccc(Cl)cc2C(=O)c2ccccc2)S(C)(=O)=O)cc1Cl. The highest BCUT2D eigenvalue weighted by Gasteiger charge is 2.30. The second-order valence-corrected chi connectivity index (χ2v) is 10.1. The van der Waals surface area contributed by atoms with Gasteiger partial charge >= 0.3 is 0 Å². The molecule has 10 heteroatoms. The number of ketones is 1. The number of methoxy groups -OCH3 is 1. The van der Waals surface area contributed by atoms with E-state index in [1.54, 1.807) is 30.3 Å². The van der Waals surface area contributed by atoms with Gasteiger partial charge in [-0.25, -0.2) is 8.42 Å². The summed E-state index contributed by atoms with van der Waals surface area (Å²) < 4.78 is 31.3. The van der Waals surface area contributed by atoms with E-state index in [-0.39, 0.29) is 27.7 Å². The van der Waals surface area contributed by atoms with E-state index in [9.17, 15) is 18.0 Å². The van der Waals surface area contributed by atoms with Crippen molar-refractivity contribution in [1.29, 1.82) is 0 Å². The lowest BCUT2D eigenvalue weighted by molar-refractivity contribution is -0.116. The van der Waals surface area contributed by atoms with Gasteiger partial charge in [0.1, 0.15) is 11.8 Å². The summed E-state index contributed by atoms with van der Waals surface area (Å²) in [5.41, 5.74) is 0.987. The van der Waals surface area contributed by atoms with Crippen LogP contribution in [-0.2, 0) is 14.8 Å². The van der Waals surface area contributed by atoms with E-state index in [4.69, 9.17) is 27.9 Å². The number of rotatable bonds is 8. The molecule has 0 unspecified atom stereocenters. The van der Waals surface area contributed by atoms with E-state index in [0.717, 1.165) is 10.6 Å². The van der Waals surface area contributed by atoms with E-state index < -0.39 is 22.0 Å². The molecule has 3 aromatic carbocycles. The third-order valence-electron chi connectivity index (χ3n) is 5.00. The Kier molecular flexibility index (Phi) is 7.86. The predicted molar refractivity (Wildman–Crippen MR) is 135 cm³/mol. The maximum atomic E-state index is 13.2. The van der Waals surface area contributed by atoms with Crippen molar-refractivity contribution in [3.63, 3.8) is 0 Å². The normalized spacial score (nSPS) is 12.0. The van der Waals surface area contributed by atoms with Crippen LogP contribution < -0.4 is 14.4 Å². The van der Waals surface area contributed by atoms with Crippen LogP contribution in [0.25, 0.3) is 0 Å². The lowest BCUT2D eigenvalue weighted by atomic mass is 10.0. The molecule has 0 saturated heterocycles. The summed E-state index contributed by atoms with van der Waals surface area (Å²) in [6, 6.07) is 16.2. The van der Waals surface area contributed by atoms with Crippen LogP contribution in [0.1, 0.15) is 22.8 Å². The Morgan fingerprint density at radius 3 is 2.26 bits per heavy atom. The first kappa shape index (κ1) is 25.6. The molecule has 1 atom stereocenters. The van der Waals surface area contributed by atoms with Crippen molar-refractivity contribution in [3.8, 4) is 5.75 Å².